The Morgan fingerprint density at radius 2 is 1.86 bits per heavy atom. The smallest absolute Gasteiger partial charge is 0.169 e. The number of ketones is 1. The van der Waals surface area contributed by atoms with Crippen LogP contribution >= 0.6 is 0 Å². The highest BCUT2D eigenvalue weighted by Gasteiger charge is 2.14. The first-order valence-corrected chi connectivity index (χ1v) is 6.45. The molecule has 2 aromatic carbocycles. The van der Waals surface area contributed by atoms with Crippen LogP contribution in [0.4, 0.5) is 8.78 Å². The third-order valence-corrected chi connectivity index (χ3v) is 3.33. The van der Waals surface area contributed by atoms with Crippen molar-refractivity contribution in [3.05, 3.63) is 77.6 Å². The van der Waals surface area contributed by atoms with Crippen molar-refractivity contribution >= 4 is 16.6 Å². The summed E-state index contributed by atoms with van der Waals surface area (Å²) in [5, 5.41) is 1.63. The maximum Gasteiger partial charge on any atom is 0.169 e. The van der Waals surface area contributed by atoms with Gasteiger partial charge in [0.2, 0.25) is 0 Å². The summed E-state index contributed by atoms with van der Waals surface area (Å²) < 4.78 is 26.5. The lowest BCUT2D eigenvalue weighted by Gasteiger charge is -2.06. The van der Waals surface area contributed by atoms with E-state index in [1.807, 2.05) is 24.3 Å². The number of Topliss-reactive ketones (excluding diaryl/α,β-unsaturated/α-hetero) is 1. The molecule has 3 aromatic rings. The minimum atomic E-state index is -0.712. The number of pyridine rings is 1. The molecule has 0 aliphatic rings. The van der Waals surface area contributed by atoms with Gasteiger partial charge in [0.25, 0.3) is 0 Å². The molecule has 0 bridgehead atoms. The van der Waals surface area contributed by atoms with Crippen LogP contribution in [-0.4, -0.2) is 10.8 Å². The Kier molecular flexibility index (Phi) is 3.44. The van der Waals surface area contributed by atoms with Gasteiger partial charge >= 0.3 is 0 Å². The molecular weight excluding hydrogens is 272 g/mol. The molecule has 2 nitrogen and oxygen atoms in total. The van der Waals surface area contributed by atoms with E-state index in [4.69, 9.17) is 0 Å². The molecule has 1 aromatic heterocycles. The Hall–Kier alpha value is -2.62. The van der Waals surface area contributed by atoms with Gasteiger partial charge in [-0.15, -0.1) is 0 Å². The number of hydrogen-bond acceptors (Lipinski definition) is 2. The lowest BCUT2D eigenvalue weighted by Crippen LogP contribution is -2.06. The summed E-state index contributed by atoms with van der Waals surface area (Å²) in [6, 6.07) is 10.6. The second-order valence-corrected chi connectivity index (χ2v) is 4.74. The Bertz CT molecular complexity index is 825. The number of aromatic nitrogens is 1. The second-order valence-electron chi connectivity index (χ2n) is 4.74. The van der Waals surface area contributed by atoms with E-state index >= 15 is 0 Å². The summed E-state index contributed by atoms with van der Waals surface area (Å²) in [5.41, 5.74) is 0.617. The fourth-order valence-corrected chi connectivity index (χ4v) is 2.27. The number of carbonyl (C=O) groups excluding carboxylic acids is 1. The largest absolute Gasteiger partial charge is 0.294 e. The zero-order valence-corrected chi connectivity index (χ0v) is 11.0. The maximum absolute atomic E-state index is 13.6. The summed E-state index contributed by atoms with van der Waals surface area (Å²) in [6.07, 6.45) is 3.03. The van der Waals surface area contributed by atoms with Crippen molar-refractivity contribution in [3.63, 3.8) is 0 Å². The minimum absolute atomic E-state index is 0.123. The first kappa shape index (κ1) is 13.4. The van der Waals surface area contributed by atoms with E-state index < -0.39 is 11.6 Å². The first-order valence-electron chi connectivity index (χ1n) is 6.45. The van der Waals surface area contributed by atoms with Gasteiger partial charge in [-0.3, -0.25) is 9.78 Å². The molecule has 0 atom stereocenters. The molecule has 0 radical (unpaired) electrons. The number of fused-ring (bicyclic) bond motifs is 1. The van der Waals surface area contributed by atoms with E-state index in [2.05, 4.69) is 4.98 Å². The van der Waals surface area contributed by atoms with Gasteiger partial charge in [0.15, 0.2) is 5.78 Å². The van der Waals surface area contributed by atoms with Crippen molar-refractivity contribution in [2.24, 2.45) is 0 Å². The van der Waals surface area contributed by atoms with E-state index in [1.165, 1.54) is 12.3 Å². The molecule has 3 rings (SSSR count). The third-order valence-electron chi connectivity index (χ3n) is 3.33. The number of hydrogen-bond donors (Lipinski definition) is 0. The van der Waals surface area contributed by atoms with Gasteiger partial charge in [-0.2, -0.15) is 0 Å². The number of rotatable bonds is 3. The molecule has 0 unspecified atom stereocenters. The maximum atomic E-state index is 13.6. The third kappa shape index (κ3) is 2.65. The van der Waals surface area contributed by atoms with Crippen LogP contribution in [0.5, 0.6) is 0 Å². The Balaban J connectivity index is 1.97. The van der Waals surface area contributed by atoms with Gasteiger partial charge in [0.1, 0.15) is 11.6 Å². The van der Waals surface area contributed by atoms with Crippen LogP contribution in [0.25, 0.3) is 10.8 Å². The molecule has 0 saturated carbocycles. The van der Waals surface area contributed by atoms with E-state index in [0.29, 0.717) is 5.56 Å². The fraction of sp³-hybridized carbons (Fsp3) is 0.0588. The molecular formula is C17H11F2NO. The predicted molar refractivity (Wildman–Crippen MR) is 76.1 cm³/mol. The van der Waals surface area contributed by atoms with Gasteiger partial charge in [0.05, 0.1) is 0 Å². The van der Waals surface area contributed by atoms with Crippen LogP contribution < -0.4 is 0 Å². The predicted octanol–water partition coefficient (Wildman–Crippen LogP) is 3.94. The quantitative estimate of drug-likeness (QED) is 0.681. The summed E-state index contributed by atoms with van der Waals surface area (Å²) in [6.45, 7) is 0. The lowest BCUT2D eigenvalue weighted by molar-refractivity contribution is 0.0993. The van der Waals surface area contributed by atoms with Crippen molar-refractivity contribution in [3.8, 4) is 0 Å². The van der Waals surface area contributed by atoms with Crippen LogP contribution in [0, 0.1) is 11.6 Å². The van der Waals surface area contributed by atoms with Gasteiger partial charge in [0, 0.05) is 35.8 Å². The monoisotopic (exact) mass is 283 g/mol. The minimum Gasteiger partial charge on any atom is -0.294 e. The Morgan fingerprint density at radius 3 is 2.67 bits per heavy atom. The van der Waals surface area contributed by atoms with Crippen molar-refractivity contribution in [2.75, 3.05) is 0 Å². The zero-order valence-electron chi connectivity index (χ0n) is 11.0. The number of benzene rings is 2. The number of carbonyl (C=O) groups is 1. The van der Waals surface area contributed by atoms with Gasteiger partial charge in [-0.05, 0) is 17.0 Å². The molecule has 0 amide bonds. The summed E-state index contributed by atoms with van der Waals surface area (Å²) in [4.78, 5) is 16.4. The fourth-order valence-electron chi connectivity index (χ4n) is 2.27. The molecule has 0 N–H and O–H groups in total. The number of halogens is 2. The van der Waals surface area contributed by atoms with E-state index in [-0.39, 0.29) is 17.8 Å². The zero-order chi connectivity index (χ0) is 14.8. The molecule has 0 aliphatic heterocycles. The molecule has 0 aliphatic carbocycles. The molecule has 4 heteroatoms. The summed E-state index contributed by atoms with van der Waals surface area (Å²) in [5.74, 6) is -1.61. The van der Waals surface area contributed by atoms with E-state index in [9.17, 15) is 13.6 Å². The molecule has 1 heterocycles. The van der Waals surface area contributed by atoms with Crippen molar-refractivity contribution in [2.45, 2.75) is 6.42 Å². The van der Waals surface area contributed by atoms with Gasteiger partial charge in [-0.25, -0.2) is 8.78 Å². The Morgan fingerprint density at radius 1 is 1.05 bits per heavy atom. The highest BCUT2D eigenvalue weighted by molar-refractivity contribution is 6.08. The first-order chi connectivity index (χ1) is 10.1. The Labute approximate surface area is 120 Å². The molecule has 0 spiro atoms. The molecule has 104 valence electrons. The van der Waals surface area contributed by atoms with Crippen molar-refractivity contribution < 1.29 is 13.6 Å². The highest BCUT2D eigenvalue weighted by Crippen LogP contribution is 2.20. The van der Waals surface area contributed by atoms with Gasteiger partial charge in [-0.1, -0.05) is 30.3 Å². The van der Waals surface area contributed by atoms with Crippen LogP contribution in [0.15, 0.2) is 54.9 Å². The van der Waals surface area contributed by atoms with Crippen LogP contribution in [0.2, 0.25) is 0 Å². The van der Waals surface area contributed by atoms with Crippen LogP contribution in [0.1, 0.15) is 15.9 Å². The second kappa shape index (κ2) is 5.40. The van der Waals surface area contributed by atoms with Gasteiger partial charge < -0.3 is 0 Å². The normalized spacial score (nSPS) is 10.8. The molecule has 0 fully saturated rings. The van der Waals surface area contributed by atoms with Crippen LogP contribution in [0.3, 0.4) is 0 Å². The standard InChI is InChI=1S/C17H11F2NO/c18-13-6-5-11(16(19)8-13)7-17(21)15-10-20-9-12-3-1-2-4-14(12)15/h1-6,8-10H,7H2. The topological polar surface area (TPSA) is 30.0 Å². The summed E-state index contributed by atoms with van der Waals surface area (Å²) in [7, 11) is 0. The van der Waals surface area contributed by atoms with Crippen molar-refractivity contribution in [1.29, 1.82) is 0 Å². The summed E-state index contributed by atoms with van der Waals surface area (Å²) >= 11 is 0. The lowest BCUT2D eigenvalue weighted by atomic mass is 9.99. The van der Waals surface area contributed by atoms with E-state index in [1.54, 1.807) is 6.20 Å². The average molecular weight is 283 g/mol. The average Bonchev–Trinajstić information content (AvgIpc) is 2.49. The molecule has 21 heavy (non-hydrogen) atoms. The highest BCUT2D eigenvalue weighted by atomic mass is 19.1. The van der Waals surface area contributed by atoms with E-state index in [0.717, 1.165) is 22.9 Å². The van der Waals surface area contributed by atoms with Crippen LogP contribution in [-0.2, 0) is 6.42 Å². The van der Waals surface area contributed by atoms with Crippen molar-refractivity contribution in [1.82, 2.24) is 4.98 Å². The molecule has 0 saturated heterocycles. The number of nitrogens with zero attached hydrogens (tertiary/aromatic N) is 1. The SMILES string of the molecule is O=C(Cc1ccc(F)cc1F)c1cncc2ccccc12.